The Bertz CT molecular complexity index is 499. The van der Waals surface area contributed by atoms with Gasteiger partial charge in [-0.1, -0.05) is 11.6 Å². The Morgan fingerprint density at radius 1 is 1.33 bits per heavy atom. The van der Waals surface area contributed by atoms with Gasteiger partial charge in [0, 0.05) is 28.3 Å². The van der Waals surface area contributed by atoms with Gasteiger partial charge in [0.1, 0.15) is 0 Å². The van der Waals surface area contributed by atoms with Crippen molar-refractivity contribution in [2.24, 2.45) is 0 Å². The molecule has 0 aromatic heterocycles. The van der Waals surface area contributed by atoms with Crippen molar-refractivity contribution < 1.29 is 13.2 Å². The van der Waals surface area contributed by atoms with Gasteiger partial charge in [-0.2, -0.15) is 0 Å². The van der Waals surface area contributed by atoms with E-state index < -0.39 is 15.0 Å². The number of carbonyl (C=O) groups is 1. The van der Waals surface area contributed by atoms with Gasteiger partial charge in [-0.15, -0.1) is 0 Å². The van der Waals surface area contributed by atoms with Gasteiger partial charge in [-0.25, -0.2) is 8.42 Å². The SMILES string of the molecule is CNC(=O)c1cc(Cl)cc(S(=O)(=O)Cl)c1. The fourth-order valence-corrected chi connectivity index (χ4v) is 2.08. The molecule has 1 aromatic carbocycles. The molecule has 0 radical (unpaired) electrons. The van der Waals surface area contributed by atoms with Gasteiger partial charge in [0.15, 0.2) is 0 Å². The minimum atomic E-state index is -3.88. The van der Waals surface area contributed by atoms with E-state index in [9.17, 15) is 13.2 Å². The Balaban J connectivity index is 3.35. The molecule has 0 atom stereocenters. The van der Waals surface area contributed by atoms with Crippen LogP contribution in [0.25, 0.3) is 0 Å². The van der Waals surface area contributed by atoms with E-state index in [0.717, 1.165) is 6.07 Å². The molecule has 4 nitrogen and oxygen atoms in total. The smallest absolute Gasteiger partial charge is 0.261 e. The first-order valence-electron chi connectivity index (χ1n) is 3.82. The van der Waals surface area contributed by atoms with Crippen LogP contribution in [0.4, 0.5) is 0 Å². The van der Waals surface area contributed by atoms with Crippen LogP contribution < -0.4 is 5.32 Å². The van der Waals surface area contributed by atoms with Gasteiger partial charge in [0.25, 0.3) is 15.0 Å². The van der Waals surface area contributed by atoms with Crippen LogP contribution in [0.3, 0.4) is 0 Å². The van der Waals surface area contributed by atoms with E-state index in [2.05, 4.69) is 5.32 Å². The van der Waals surface area contributed by atoms with E-state index in [0.29, 0.717) is 0 Å². The van der Waals surface area contributed by atoms with E-state index >= 15 is 0 Å². The number of hydrogen-bond acceptors (Lipinski definition) is 3. The number of rotatable bonds is 2. The molecule has 0 bridgehead atoms. The van der Waals surface area contributed by atoms with Crippen molar-refractivity contribution in [2.75, 3.05) is 7.05 Å². The maximum atomic E-state index is 11.2. The van der Waals surface area contributed by atoms with Crippen molar-refractivity contribution in [3.63, 3.8) is 0 Å². The van der Waals surface area contributed by atoms with E-state index in [4.69, 9.17) is 22.3 Å². The molecule has 0 aliphatic carbocycles. The van der Waals surface area contributed by atoms with Crippen molar-refractivity contribution in [3.05, 3.63) is 28.8 Å². The molecule has 0 saturated heterocycles. The third kappa shape index (κ3) is 3.09. The summed E-state index contributed by atoms with van der Waals surface area (Å²) in [7, 11) is 2.68. The molecular formula is C8H7Cl2NO3S. The zero-order valence-corrected chi connectivity index (χ0v) is 9.95. The summed E-state index contributed by atoms with van der Waals surface area (Å²) in [4.78, 5) is 11.0. The zero-order chi connectivity index (χ0) is 11.6. The minimum Gasteiger partial charge on any atom is -0.355 e. The first-order chi connectivity index (χ1) is 6.84. The number of nitrogens with one attached hydrogen (secondary N) is 1. The van der Waals surface area contributed by atoms with Gasteiger partial charge in [0.2, 0.25) is 0 Å². The molecule has 15 heavy (non-hydrogen) atoms. The van der Waals surface area contributed by atoms with E-state index in [-0.39, 0.29) is 15.5 Å². The first kappa shape index (κ1) is 12.3. The summed E-state index contributed by atoms with van der Waals surface area (Å²) < 4.78 is 22.0. The van der Waals surface area contributed by atoms with Crippen LogP contribution in [0, 0.1) is 0 Å². The van der Waals surface area contributed by atoms with Crippen LogP contribution in [0.5, 0.6) is 0 Å². The monoisotopic (exact) mass is 267 g/mol. The second kappa shape index (κ2) is 4.38. The van der Waals surface area contributed by atoms with Crippen LogP contribution in [-0.4, -0.2) is 21.4 Å². The van der Waals surface area contributed by atoms with Gasteiger partial charge >= 0.3 is 0 Å². The van der Waals surface area contributed by atoms with Crippen LogP contribution >= 0.6 is 22.3 Å². The van der Waals surface area contributed by atoms with Crippen molar-refractivity contribution in [3.8, 4) is 0 Å². The lowest BCUT2D eigenvalue weighted by atomic mass is 10.2. The van der Waals surface area contributed by atoms with E-state index in [1.807, 2.05) is 0 Å². The number of amides is 1. The lowest BCUT2D eigenvalue weighted by Crippen LogP contribution is -2.18. The van der Waals surface area contributed by atoms with E-state index in [1.165, 1.54) is 19.2 Å². The highest BCUT2D eigenvalue weighted by atomic mass is 35.7. The minimum absolute atomic E-state index is 0.135. The topological polar surface area (TPSA) is 63.2 Å². The quantitative estimate of drug-likeness (QED) is 0.829. The highest BCUT2D eigenvalue weighted by Gasteiger charge is 2.14. The fraction of sp³-hybridized carbons (Fsp3) is 0.125. The molecule has 1 amide bonds. The lowest BCUT2D eigenvalue weighted by Gasteiger charge is -2.03. The summed E-state index contributed by atoms with van der Waals surface area (Å²) in [5.74, 6) is -0.431. The Morgan fingerprint density at radius 2 is 1.93 bits per heavy atom. The molecular weight excluding hydrogens is 261 g/mol. The number of benzene rings is 1. The number of carbonyl (C=O) groups excluding carboxylic acids is 1. The summed E-state index contributed by atoms with van der Waals surface area (Å²) in [6.07, 6.45) is 0. The van der Waals surface area contributed by atoms with Crippen LogP contribution in [0.15, 0.2) is 23.1 Å². The second-order valence-electron chi connectivity index (χ2n) is 2.69. The predicted molar refractivity (Wildman–Crippen MR) is 57.9 cm³/mol. The fourth-order valence-electron chi connectivity index (χ4n) is 0.979. The Morgan fingerprint density at radius 3 is 2.40 bits per heavy atom. The largest absolute Gasteiger partial charge is 0.355 e. The summed E-state index contributed by atoms with van der Waals surface area (Å²) in [6, 6.07) is 3.69. The van der Waals surface area contributed by atoms with Gasteiger partial charge in [-0.05, 0) is 18.2 Å². The molecule has 0 unspecified atom stereocenters. The zero-order valence-electron chi connectivity index (χ0n) is 7.62. The van der Waals surface area contributed by atoms with Crippen molar-refractivity contribution >= 4 is 37.2 Å². The molecule has 0 aliphatic heterocycles. The molecule has 0 heterocycles. The third-order valence-corrected chi connectivity index (χ3v) is 3.19. The Labute approximate surface area is 96.6 Å². The molecule has 1 aromatic rings. The maximum Gasteiger partial charge on any atom is 0.261 e. The molecule has 0 aliphatic rings. The summed E-state index contributed by atoms with van der Waals surface area (Å²) >= 11 is 5.65. The molecule has 7 heteroatoms. The number of halogens is 2. The van der Waals surface area contributed by atoms with Gasteiger partial charge < -0.3 is 5.32 Å². The summed E-state index contributed by atoms with van der Waals surface area (Å²) in [6.45, 7) is 0. The molecule has 82 valence electrons. The van der Waals surface area contributed by atoms with Crippen LogP contribution in [-0.2, 0) is 9.05 Å². The van der Waals surface area contributed by atoms with Crippen molar-refractivity contribution in [1.82, 2.24) is 5.32 Å². The summed E-state index contributed by atoms with van der Waals surface area (Å²) in [5.41, 5.74) is 0.143. The van der Waals surface area contributed by atoms with Crippen LogP contribution in [0.2, 0.25) is 5.02 Å². The predicted octanol–water partition coefficient (Wildman–Crippen LogP) is 1.63. The number of hydrogen-bond donors (Lipinski definition) is 1. The van der Waals surface area contributed by atoms with Gasteiger partial charge in [0.05, 0.1) is 4.90 Å². The standard InChI is InChI=1S/C8H7Cl2NO3S/c1-11-8(12)5-2-6(9)4-7(3-5)15(10,13)14/h2-4H,1H3,(H,11,12). The normalized spacial score (nSPS) is 11.1. The molecule has 0 fully saturated rings. The highest BCUT2D eigenvalue weighted by molar-refractivity contribution is 8.13. The van der Waals surface area contributed by atoms with Crippen LogP contribution in [0.1, 0.15) is 10.4 Å². The average molecular weight is 268 g/mol. The summed E-state index contributed by atoms with van der Waals surface area (Å²) in [5, 5.41) is 2.49. The molecule has 1 rings (SSSR count). The van der Waals surface area contributed by atoms with Gasteiger partial charge in [-0.3, -0.25) is 4.79 Å². The maximum absolute atomic E-state index is 11.2. The van der Waals surface area contributed by atoms with Crippen molar-refractivity contribution in [1.29, 1.82) is 0 Å². The Kier molecular flexibility index (Phi) is 3.59. The Hall–Kier alpha value is -0.780. The molecule has 1 N–H and O–H groups in total. The first-order valence-corrected chi connectivity index (χ1v) is 6.50. The molecule has 0 saturated carbocycles. The molecule has 0 spiro atoms. The second-order valence-corrected chi connectivity index (χ2v) is 5.69. The van der Waals surface area contributed by atoms with Crippen molar-refractivity contribution in [2.45, 2.75) is 4.90 Å². The average Bonchev–Trinajstić information content (AvgIpc) is 2.14. The third-order valence-electron chi connectivity index (χ3n) is 1.64. The highest BCUT2D eigenvalue weighted by Crippen LogP contribution is 2.21. The lowest BCUT2D eigenvalue weighted by molar-refractivity contribution is 0.0963. The van der Waals surface area contributed by atoms with E-state index in [1.54, 1.807) is 0 Å².